The number of rotatable bonds is 0. The normalized spacial score (nSPS) is 14.5. The lowest BCUT2D eigenvalue weighted by atomic mass is 9.95. The third-order valence-electron chi connectivity index (χ3n) is 2.26. The van der Waals surface area contributed by atoms with E-state index in [4.69, 9.17) is 0 Å². The van der Waals surface area contributed by atoms with Crippen LogP contribution in [0.2, 0.25) is 0 Å². The van der Waals surface area contributed by atoms with Gasteiger partial charge in [0.1, 0.15) is 0 Å². The smallest absolute Gasteiger partial charge is 0.0215 e. The number of fused-ring (bicyclic) bond motifs is 1. The van der Waals surface area contributed by atoms with E-state index in [0.29, 0.717) is 0 Å². The largest absolute Gasteiger partial charge is 0.0838 e. The van der Waals surface area contributed by atoms with E-state index in [1.165, 1.54) is 21.2 Å². The zero-order valence-corrected chi connectivity index (χ0v) is 8.69. The van der Waals surface area contributed by atoms with E-state index < -0.39 is 0 Å². The van der Waals surface area contributed by atoms with Gasteiger partial charge in [0.25, 0.3) is 0 Å². The van der Waals surface area contributed by atoms with Crippen LogP contribution in [0.15, 0.2) is 28.8 Å². The van der Waals surface area contributed by atoms with Gasteiger partial charge in [0.15, 0.2) is 0 Å². The van der Waals surface area contributed by atoms with Crippen molar-refractivity contribution in [3.63, 3.8) is 0 Å². The Hall–Kier alpha value is -0.560. The fourth-order valence-corrected chi connectivity index (χ4v) is 2.44. The van der Waals surface area contributed by atoms with E-state index in [-0.39, 0.29) is 0 Å². The summed E-state index contributed by atoms with van der Waals surface area (Å²) < 4.78 is 1.27. The van der Waals surface area contributed by atoms with Gasteiger partial charge in [0, 0.05) is 4.47 Å². The standard InChI is InChI=1S/C11H11Br/c1-8-6-9-4-2-3-5-10(9)11(12)7-8/h2-3,6-7H,4-5H2,1H3. The van der Waals surface area contributed by atoms with E-state index in [2.05, 4.69) is 47.1 Å². The second-order valence-electron chi connectivity index (χ2n) is 3.26. The predicted molar refractivity (Wildman–Crippen MR) is 55.4 cm³/mol. The molecule has 0 fully saturated rings. The minimum absolute atomic E-state index is 1.08. The number of allylic oxidation sites excluding steroid dienone is 2. The van der Waals surface area contributed by atoms with Crippen LogP contribution >= 0.6 is 15.9 Å². The van der Waals surface area contributed by atoms with Crippen LogP contribution in [0, 0.1) is 6.92 Å². The molecular weight excluding hydrogens is 212 g/mol. The summed E-state index contributed by atoms with van der Waals surface area (Å²) in [5.41, 5.74) is 4.28. The Labute approximate surface area is 81.4 Å². The number of hydrogen-bond donors (Lipinski definition) is 0. The maximum atomic E-state index is 3.60. The molecule has 0 N–H and O–H groups in total. The molecule has 1 heteroatoms. The molecule has 2 rings (SSSR count). The van der Waals surface area contributed by atoms with Crippen molar-refractivity contribution in [3.05, 3.63) is 45.4 Å². The molecule has 62 valence electrons. The molecule has 0 aromatic heterocycles. The van der Waals surface area contributed by atoms with E-state index in [0.717, 1.165) is 12.8 Å². The number of benzene rings is 1. The summed E-state index contributed by atoms with van der Waals surface area (Å²) in [6.07, 6.45) is 6.66. The van der Waals surface area contributed by atoms with Crippen molar-refractivity contribution in [2.75, 3.05) is 0 Å². The molecule has 1 aromatic carbocycles. The second-order valence-corrected chi connectivity index (χ2v) is 4.12. The van der Waals surface area contributed by atoms with Crippen LogP contribution in [0.3, 0.4) is 0 Å². The minimum Gasteiger partial charge on any atom is -0.0838 e. The lowest BCUT2D eigenvalue weighted by molar-refractivity contribution is 1.07. The monoisotopic (exact) mass is 222 g/mol. The van der Waals surface area contributed by atoms with Gasteiger partial charge in [-0.1, -0.05) is 34.1 Å². The molecule has 0 atom stereocenters. The first-order chi connectivity index (χ1) is 5.77. The summed E-state index contributed by atoms with van der Waals surface area (Å²) >= 11 is 3.60. The Kier molecular flexibility index (Phi) is 2.05. The summed E-state index contributed by atoms with van der Waals surface area (Å²) in [6, 6.07) is 4.47. The topological polar surface area (TPSA) is 0 Å². The van der Waals surface area contributed by atoms with Gasteiger partial charge in [0.2, 0.25) is 0 Å². The van der Waals surface area contributed by atoms with Crippen LogP contribution in [0.1, 0.15) is 16.7 Å². The number of aryl methyl sites for hydroxylation is 1. The zero-order chi connectivity index (χ0) is 8.55. The van der Waals surface area contributed by atoms with Crippen LogP contribution in [0.5, 0.6) is 0 Å². The van der Waals surface area contributed by atoms with Gasteiger partial charge in [-0.25, -0.2) is 0 Å². The molecule has 0 saturated heterocycles. The van der Waals surface area contributed by atoms with Gasteiger partial charge in [0.05, 0.1) is 0 Å². The van der Waals surface area contributed by atoms with Gasteiger partial charge in [-0.3, -0.25) is 0 Å². The first-order valence-corrected chi connectivity index (χ1v) is 4.99. The Bertz CT molecular complexity index is 337. The Morgan fingerprint density at radius 2 is 1.92 bits per heavy atom. The molecule has 1 aliphatic carbocycles. The molecular formula is C11H11Br. The molecule has 0 amide bonds. The highest BCUT2D eigenvalue weighted by Crippen LogP contribution is 2.26. The molecule has 12 heavy (non-hydrogen) atoms. The molecule has 0 heterocycles. The predicted octanol–water partition coefficient (Wildman–Crippen LogP) is 3.41. The van der Waals surface area contributed by atoms with Gasteiger partial charge >= 0.3 is 0 Å². The molecule has 0 aliphatic heterocycles. The quantitative estimate of drug-likeness (QED) is 0.591. The van der Waals surface area contributed by atoms with E-state index in [1.54, 1.807) is 0 Å². The second kappa shape index (κ2) is 3.06. The summed E-state index contributed by atoms with van der Waals surface area (Å²) in [6.45, 7) is 2.14. The number of hydrogen-bond acceptors (Lipinski definition) is 0. The SMILES string of the molecule is Cc1cc(Br)c2c(c1)CC=CC2. The van der Waals surface area contributed by atoms with Gasteiger partial charge in [-0.2, -0.15) is 0 Å². The van der Waals surface area contributed by atoms with Gasteiger partial charge in [-0.15, -0.1) is 0 Å². The lowest BCUT2D eigenvalue weighted by Crippen LogP contribution is -1.98. The molecule has 0 radical (unpaired) electrons. The average molecular weight is 223 g/mol. The fraction of sp³-hybridized carbons (Fsp3) is 0.273. The first kappa shape index (κ1) is 8.06. The van der Waals surface area contributed by atoms with Crippen molar-refractivity contribution in [2.24, 2.45) is 0 Å². The van der Waals surface area contributed by atoms with Crippen molar-refractivity contribution in [3.8, 4) is 0 Å². The highest BCUT2D eigenvalue weighted by Gasteiger charge is 2.08. The highest BCUT2D eigenvalue weighted by molar-refractivity contribution is 9.10. The Morgan fingerprint density at radius 3 is 2.75 bits per heavy atom. The Morgan fingerprint density at radius 1 is 1.17 bits per heavy atom. The minimum atomic E-state index is 1.08. The third-order valence-corrected chi connectivity index (χ3v) is 2.97. The summed E-state index contributed by atoms with van der Waals surface area (Å²) in [5, 5.41) is 0. The van der Waals surface area contributed by atoms with Crippen LogP contribution < -0.4 is 0 Å². The summed E-state index contributed by atoms with van der Waals surface area (Å²) in [4.78, 5) is 0. The van der Waals surface area contributed by atoms with Crippen LogP contribution in [-0.4, -0.2) is 0 Å². The summed E-state index contributed by atoms with van der Waals surface area (Å²) in [7, 11) is 0. The summed E-state index contributed by atoms with van der Waals surface area (Å²) in [5.74, 6) is 0. The van der Waals surface area contributed by atoms with E-state index in [1.807, 2.05) is 0 Å². The molecule has 0 unspecified atom stereocenters. The maximum absolute atomic E-state index is 3.60. The highest BCUT2D eigenvalue weighted by atomic mass is 79.9. The van der Waals surface area contributed by atoms with Crippen molar-refractivity contribution in [2.45, 2.75) is 19.8 Å². The van der Waals surface area contributed by atoms with Crippen molar-refractivity contribution >= 4 is 15.9 Å². The lowest BCUT2D eigenvalue weighted by Gasteiger charge is -2.13. The molecule has 0 bridgehead atoms. The van der Waals surface area contributed by atoms with Crippen molar-refractivity contribution < 1.29 is 0 Å². The van der Waals surface area contributed by atoms with Crippen molar-refractivity contribution in [1.29, 1.82) is 0 Å². The Balaban J connectivity index is 2.57. The molecule has 1 aliphatic rings. The molecule has 0 saturated carbocycles. The van der Waals surface area contributed by atoms with E-state index in [9.17, 15) is 0 Å². The van der Waals surface area contributed by atoms with Crippen LogP contribution in [0.25, 0.3) is 0 Å². The first-order valence-electron chi connectivity index (χ1n) is 4.20. The third kappa shape index (κ3) is 1.34. The van der Waals surface area contributed by atoms with Crippen LogP contribution in [0.4, 0.5) is 0 Å². The number of halogens is 1. The van der Waals surface area contributed by atoms with Crippen LogP contribution in [-0.2, 0) is 12.8 Å². The van der Waals surface area contributed by atoms with E-state index >= 15 is 0 Å². The molecule has 1 aromatic rings. The molecule has 0 spiro atoms. The molecule has 0 nitrogen and oxygen atoms in total. The fourth-order valence-electron chi connectivity index (χ4n) is 1.67. The van der Waals surface area contributed by atoms with Gasteiger partial charge < -0.3 is 0 Å². The van der Waals surface area contributed by atoms with Gasteiger partial charge in [-0.05, 0) is 42.5 Å². The maximum Gasteiger partial charge on any atom is 0.0215 e. The van der Waals surface area contributed by atoms with Crippen molar-refractivity contribution in [1.82, 2.24) is 0 Å². The zero-order valence-electron chi connectivity index (χ0n) is 7.10. The average Bonchev–Trinajstić information content (AvgIpc) is 2.04.